The number of nitrogen functional groups attached to an aromatic ring is 1. The summed E-state index contributed by atoms with van der Waals surface area (Å²) in [5, 5.41) is 4.25. The highest BCUT2D eigenvalue weighted by atomic mass is 35.5. The second-order valence-electron chi connectivity index (χ2n) is 6.65. The Morgan fingerprint density at radius 1 is 1.35 bits per heavy atom. The van der Waals surface area contributed by atoms with Crippen LogP contribution >= 0.6 is 11.6 Å². The van der Waals surface area contributed by atoms with E-state index in [2.05, 4.69) is 18.3 Å². The average molecular weight is 374 g/mol. The van der Waals surface area contributed by atoms with Crippen LogP contribution < -0.4 is 11.1 Å². The minimum absolute atomic E-state index is 0.163. The normalized spacial score (nSPS) is 14.5. The molecule has 1 amide bonds. The van der Waals surface area contributed by atoms with Gasteiger partial charge in [0.2, 0.25) is 0 Å². The minimum atomic E-state index is -0.319. The summed E-state index contributed by atoms with van der Waals surface area (Å²) in [5.74, 6) is 0. The Hall–Kier alpha value is -2.40. The fraction of sp³-hybridized carbons (Fsp3) is 0.350. The molecule has 1 aliphatic rings. The van der Waals surface area contributed by atoms with Crippen LogP contribution in [0.25, 0.3) is 0 Å². The van der Waals surface area contributed by atoms with Crippen LogP contribution in [0.2, 0.25) is 5.02 Å². The molecule has 138 valence electrons. The molecule has 5 nitrogen and oxygen atoms in total. The molecular weight excluding hydrogens is 350 g/mol. The lowest BCUT2D eigenvalue weighted by molar-refractivity contribution is 0.119. The van der Waals surface area contributed by atoms with Crippen molar-refractivity contribution < 1.29 is 9.53 Å². The number of benzene rings is 2. The lowest BCUT2D eigenvalue weighted by Gasteiger charge is -2.30. The number of nitrogens with two attached hydrogens (primary N) is 1. The predicted molar refractivity (Wildman–Crippen MR) is 106 cm³/mol. The number of carbonyl (C=O) groups is 1. The topological polar surface area (TPSA) is 67.6 Å². The maximum absolute atomic E-state index is 11.8. The highest BCUT2D eigenvalue weighted by molar-refractivity contribution is 6.31. The van der Waals surface area contributed by atoms with Crippen molar-refractivity contribution in [2.24, 2.45) is 0 Å². The molecule has 6 heteroatoms. The Morgan fingerprint density at radius 2 is 2.12 bits per heavy atom. The number of rotatable bonds is 4. The van der Waals surface area contributed by atoms with E-state index in [0.717, 1.165) is 34.7 Å². The standard InChI is InChI=1S/C20H24ClN3O2/c1-13(11-15-5-3-4-6-17(15)21)23-18-8-7-14-9-10-24(20(25)26-2)12-16(14)19(18)22/h3-8,13,23H,9-12,22H2,1-2H3. The molecule has 0 aliphatic carbocycles. The molecule has 0 saturated carbocycles. The second kappa shape index (κ2) is 7.87. The van der Waals surface area contributed by atoms with Gasteiger partial charge in [-0.3, -0.25) is 0 Å². The summed E-state index contributed by atoms with van der Waals surface area (Å²) in [5.41, 5.74) is 11.3. The number of ether oxygens (including phenoxy) is 1. The first-order valence-electron chi connectivity index (χ1n) is 8.72. The lowest BCUT2D eigenvalue weighted by atomic mass is 9.97. The van der Waals surface area contributed by atoms with Gasteiger partial charge in [-0.25, -0.2) is 4.79 Å². The molecule has 3 rings (SSSR count). The second-order valence-corrected chi connectivity index (χ2v) is 7.05. The molecule has 2 aromatic carbocycles. The van der Waals surface area contributed by atoms with Crippen molar-refractivity contribution in [2.45, 2.75) is 32.4 Å². The highest BCUT2D eigenvalue weighted by Crippen LogP contribution is 2.31. The smallest absolute Gasteiger partial charge is 0.409 e. The summed E-state index contributed by atoms with van der Waals surface area (Å²) in [4.78, 5) is 13.5. The molecule has 1 unspecified atom stereocenters. The third-order valence-electron chi connectivity index (χ3n) is 4.77. The molecule has 2 aromatic rings. The van der Waals surface area contributed by atoms with Gasteiger partial charge in [-0.1, -0.05) is 35.9 Å². The molecule has 26 heavy (non-hydrogen) atoms. The lowest BCUT2D eigenvalue weighted by Crippen LogP contribution is -2.36. The number of halogens is 1. The summed E-state index contributed by atoms with van der Waals surface area (Å²) in [6, 6.07) is 12.1. The monoisotopic (exact) mass is 373 g/mol. The van der Waals surface area contributed by atoms with E-state index in [9.17, 15) is 4.79 Å². The predicted octanol–water partition coefficient (Wildman–Crippen LogP) is 4.09. The third kappa shape index (κ3) is 3.88. The largest absolute Gasteiger partial charge is 0.453 e. The summed E-state index contributed by atoms with van der Waals surface area (Å²) in [7, 11) is 1.40. The first-order chi connectivity index (χ1) is 12.5. The van der Waals surface area contributed by atoms with Gasteiger partial charge in [0.15, 0.2) is 0 Å². The number of carbonyl (C=O) groups excluding carboxylic acids is 1. The van der Waals surface area contributed by atoms with Crippen LogP contribution in [-0.4, -0.2) is 30.7 Å². The van der Waals surface area contributed by atoms with E-state index in [1.807, 2.05) is 30.3 Å². The van der Waals surface area contributed by atoms with Crippen LogP contribution in [0.3, 0.4) is 0 Å². The summed E-state index contributed by atoms with van der Waals surface area (Å²) in [6.07, 6.45) is 1.26. The van der Waals surface area contributed by atoms with Gasteiger partial charge in [-0.15, -0.1) is 0 Å². The Balaban J connectivity index is 1.75. The third-order valence-corrected chi connectivity index (χ3v) is 5.14. The molecule has 0 radical (unpaired) electrons. The van der Waals surface area contributed by atoms with Crippen LogP contribution in [-0.2, 0) is 24.1 Å². The molecule has 1 aliphatic heterocycles. The number of amides is 1. The SMILES string of the molecule is COC(=O)N1CCc2ccc(NC(C)Cc3ccccc3Cl)c(N)c2C1. The molecule has 0 spiro atoms. The van der Waals surface area contributed by atoms with Crippen molar-refractivity contribution in [3.05, 3.63) is 58.1 Å². The summed E-state index contributed by atoms with van der Waals surface area (Å²) >= 11 is 6.26. The number of methoxy groups -OCH3 is 1. The van der Waals surface area contributed by atoms with Crippen molar-refractivity contribution in [1.82, 2.24) is 4.90 Å². The molecule has 1 heterocycles. The van der Waals surface area contributed by atoms with E-state index in [1.165, 1.54) is 12.7 Å². The van der Waals surface area contributed by atoms with Gasteiger partial charge in [0.05, 0.1) is 25.0 Å². The van der Waals surface area contributed by atoms with Gasteiger partial charge in [-0.05, 0) is 48.6 Å². The van der Waals surface area contributed by atoms with E-state index >= 15 is 0 Å². The summed E-state index contributed by atoms with van der Waals surface area (Å²) in [6.45, 7) is 3.22. The van der Waals surface area contributed by atoms with Crippen molar-refractivity contribution in [3.63, 3.8) is 0 Å². The van der Waals surface area contributed by atoms with Crippen molar-refractivity contribution >= 4 is 29.1 Å². The maximum atomic E-state index is 11.8. The van der Waals surface area contributed by atoms with Gasteiger partial charge < -0.3 is 20.7 Å². The van der Waals surface area contributed by atoms with E-state index < -0.39 is 0 Å². The Kier molecular flexibility index (Phi) is 5.57. The Labute approximate surface area is 159 Å². The molecule has 0 saturated heterocycles. The van der Waals surface area contributed by atoms with Gasteiger partial charge in [0.1, 0.15) is 0 Å². The molecular formula is C20H24ClN3O2. The van der Waals surface area contributed by atoms with E-state index in [-0.39, 0.29) is 12.1 Å². The van der Waals surface area contributed by atoms with Crippen LogP contribution in [0.1, 0.15) is 23.6 Å². The maximum Gasteiger partial charge on any atom is 0.409 e. The molecule has 0 aromatic heterocycles. The fourth-order valence-electron chi connectivity index (χ4n) is 3.38. The van der Waals surface area contributed by atoms with Crippen molar-refractivity contribution in [2.75, 3.05) is 24.7 Å². The minimum Gasteiger partial charge on any atom is -0.453 e. The Bertz CT molecular complexity index is 810. The van der Waals surface area contributed by atoms with Gasteiger partial charge in [-0.2, -0.15) is 0 Å². The molecule has 0 fully saturated rings. The highest BCUT2D eigenvalue weighted by Gasteiger charge is 2.24. The first-order valence-corrected chi connectivity index (χ1v) is 9.10. The fourth-order valence-corrected chi connectivity index (χ4v) is 3.59. The molecule has 3 N–H and O–H groups in total. The number of hydrogen-bond donors (Lipinski definition) is 2. The van der Waals surface area contributed by atoms with Crippen molar-refractivity contribution in [3.8, 4) is 0 Å². The van der Waals surface area contributed by atoms with Crippen LogP contribution in [0.4, 0.5) is 16.2 Å². The number of fused-ring (bicyclic) bond motifs is 1. The molecule has 1 atom stereocenters. The zero-order chi connectivity index (χ0) is 18.7. The zero-order valence-corrected chi connectivity index (χ0v) is 15.8. The quantitative estimate of drug-likeness (QED) is 0.792. The van der Waals surface area contributed by atoms with E-state index in [1.54, 1.807) is 4.90 Å². The van der Waals surface area contributed by atoms with Gasteiger partial charge in [0, 0.05) is 17.6 Å². The Morgan fingerprint density at radius 3 is 2.85 bits per heavy atom. The average Bonchev–Trinajstić information content (AvgIpc) is 2.65. The number of anilines is 2. The number of hydrogen-bond acceptors (Lipinski definition) is 4. The number of nitrogens with zero attached hydrogens (tertiary/aromatic N) is 1. The van der Waals surface area contributed by atoms with Crippen LogP contribution in [0.5, 0.6) is 0 Å². The van der Waals surface area contributed by atoms with Crippen molar-refractivity contribution in [1.29, 1.82) is 0 Å². The number of nitrogens with one attached hydrogen (secondary N) is 1. The molecule has 0 bridgehead atoms. The van der Waals surface area contributed by atoms with Crippen LogP contribution in [0.15, 0.2) is 36.4 Å². The van der Waals surface area contributed by atoms with E-state index in [4.69, 9.17) is 22.1 Å². The van der Waals surface area contributed by atoms with E-state index in [0.29, 0.717) is 18.8 Å². The zero-order valence-electron chi connectivity index (χ0n) is 15.1. The van der Waals surface area contributed by atoms with Gasteiger partial charge >= 0.3 is 6.09 Å². The first kappa shape index (κ1) is 18.4. The van der Waals surface area contributed by atoms with Crippen LogP contribution in [0, 0.1) is 0 Å². The summed E-state index contributed by atoms with van der Waals surface area (Å²) < 4.78 is 4.84. The van der Waals surface area contributed by atoms with Gasteiger partial charge in [0.25, 0.3) is 0 Å².